The zero-order chi connectivity index (χ0) is 45.3. The summed E-state index contributed by atoms with van der Waals surface area (Å²) in [5.41, 5.74) is 4.04. The summed E-state index contributed by atoms with van der Waals surface area (Å²) >= 11 is 0. The molecule has 0 atom stereocenters. The van der Waals surface area contributed by atoms with E-state index in [0.717, 1.165) is 64.6 Å². The number of aromatic hydroxyl groups is 6. The molecule has 0 saturated carbocycles. The fourth-order valence-electron chi connectivity index (χ4n) is 9.14. The Bertz CT molecular complexity index is 3180. The second-order valence-electron chi connectivity index (χ2n) is 16.1. The Hall–Kier alpha value is -6.01. The molecule has 0 aliphatic heterocycles. The van der Waals surface area contributed by atoms with Crippen molar-refractivity contribution in [3.63, 3.8) is 0 Å². The minimum Gasteiger partial charge on any atom is -0.507 e. The van der Waals surface area contributed by atoms with Gasteiger partial charge < -0.3 is 30.6 Å². The first-order chi connectivity index (χ1) is 32.3. The molecule has 6 N–H and O–H groups in total. The van der Waals surface area contributed by atoms with E-state index in [2.05, 4.69) is 0 Å². The Morgan fingerprint density at radius 3 is 0.443 bits per heavy atom. The predicted molar refractivity (Wildman–Crippen MR) is 288 cm³/mol. The zero-order valence-electron chi connectivity index (χ0n) is 39.0. The Balaban J connectivity index is 0.000000167. The van der Waals surface area contributed by atoms with E-state index in [1.807, 2.05) is 182 Å². The number of phenols is 6. The van der Waals surface area contributed by atoms with Crippen molar-refractivity contribution in [3.8, 4) is 67.9 Å². The van der Waals surface area contributed by atoms with Crippen molar-refractivity contribution < 1.29 is 66.2 Å². The van der Waals surface area contributed by atoms with Gasteiger partial charge in [0.05, 0.1) is 0 Å². The molecule has 4 radical (unpaired) electrons. The topological polar surface area (TPSA) is 121 Å². The summed E-state index contributed by atoms with van der Waals surface area (Å²) in [6.07, 6.45) is 0. The van der Waals surface area contributed by atoms with Gasteiger partial charge in [-0.1, -0.05) is 182 Å². The van der Waals surface area contributed by atoms with Gasteiger partial charge in [0.2, 0.25) is 0 Å². The van der Waals surface area contributed by atoms with Crippen LogP contribution in [0.3, 0.4) is 0 Å². The maximum Gasteiger partial charge on any atom is 0.124 e. The van der Waals surface area contributed by atoms with Crippen LogP contribution < -0.4 is 0 Å². The van der Waals surface area contributed by atoms with Crippen molar-refractivity contribution in [2.24, 2.45) is 0 Å². The largest absolute Gasteiger partial charge is 0.507 e. The van der Waals surface area contributed by atoms with Crippen LogP contribution in [0.25, 0.3) is 98.0 Å². The van der Waals surface area contributed by atoms with Crippen LogP contribution in [-0.2, 0) is 0 Å². The van der Waals surface area contributed by atoms with E-state index in [9.17, 15) is 30.6 Å². The first-order valence-electron chi connectivity index (χ1n) is 21.5. The Labute approximate surface area is 469 Å². The van der Waals surface area contributed by atoms with Crippen LogP contribution in [0.1, 0.15) is 0 Å². The summed E-state index contributed by atoms with van der Waals surface area (Å²) in [6, 6.07) is 68.6. The van der Waals surface area contributed by atoms with Crippen molar-refractivity contribution in [2.45, 2.75) is 0 Å². The van der Waals surface area contributed by atoms with Crippen LogP contribution in [0.4, 0.5) is 0 Å². The Kier molecular flexibility index (Phi) is 17.7. The van der Waals surface area contributed by atoms with Gasteiger partial charge >= 0.3 is 0 Å². The van der Waals surface area contributed by atoms with Gasteiger partial charge in [-0.25, -0.2) is 0 Å². The molecule has 0 spiro atoms. The minimum atomic E-state index is 0. The van der Waals surface area contributed by atoms with Crippen molar-refractivity contribution in [3.05, 3.63) is 218 Å². The molecule has 0 aliphatic carbocycles. The first-order valence-corrected chi connectivity index (χ1v) is 21.5. The van der Waals surface area contributed by atoms with Gasteiger partial charge in [-0.15, -0.1) is 0 Å². The molecule has 0 fully saturated rings. The number of rotatable bonds is 3. The molecule has 0 unspecified atom stereocenters. The molecule has 0 bridgehead atoms. The third-order valence-electron chi connectivity index (χ3n) is 12.2. The summed E-state index contributed by atoms with van der Waals surface area (Å²) in [7, 11) is 0. The normalized spacial score (nSPS) is 10.5. The summed E-state index contributed by atoms with van der Waals surface area (Å²) in [6.45, 7) is 0. The maximum atomic E-state index is 10.4. The van der Waals surface area contributed by atoms with Gasteiger partial charge in [0.15, 0.2) is 0 Å². The van der Waals surface area contributed by atoms with E-state index in [4.69, 9.17) is 0 Å². The van der Waals surface area contributed by atoms with Gasteiger partial charge in [-0.3, -0.25) is 0 Å². The van der Waals surface area contributed by atoms with E-state index < -0.39 is 0 Å². The molecule has 0 amide bonds. The molecular formula is C60H42LaLi3O6. The number of hydrogen-bond acceptors (Lipinski definition) is 6. The monoisotopic (exact) mass is 1020 g/mol. The van der Waals surface area contributed by atoms with E-state index in [0.29, 0.717) is 33.4 Å². The van der Waals surface area contributed by atoms with Crippen molar-refractivity contribution in [1.82, 2.24) is 0 Å². The first kappa shape index (κ1) is 53.3. The van der Waals surface area contributed by atoms with E-state index in [1.54, 1.807) is 36.4 Å². The van der Waals surface area contributed by atoms with Crippen LogP contribution in [0.15, 0.2) is 218 Å². The predicted octanol–water partition coefficient (Wildman–Crippen LogP) is 14.1. The minimum absolute atomic E-state index is 0. The van der Waals surface area contributed by atoms with Gasteiger partial charge in [-0.05, 0) is 101 Å². The molecule has 70 heavy (non-hydrogen) atoms. The number of phenolic OH excluding ortho intramolecular Hbond substituents is 6. The molecule has 0 aliphatic rings. The van der Waals surface area contributed by atoms with Crippen LogP contribution in [0.5, 0.6) is 34.5 Å². The molecule has 324 valence electrons. The Morgan fingerprint density at radius 2 is 0.300 bits per heavy atom. The average molecular weight is 1020 g/mol. The van der Waals surface area contributed by atoms with Crippen molar-refractivity contribution in [2.75, 3.05) is 0 Å². The zero-order valence-corrected chi connectivity index (χ0v) is 42.7. The molecule has 12 rings (SSSR count). The molecule has 12 aromatic rings. The SMILES string of the molecule is Oc1ccc2ccccc2c1-c1c(O)ccc2ccccc12.Oc1ccc2ccccc2c1-c1c(O)ccc2ccccc12.Oc1ccc2ccccc2c1-c1c(O)ccc2ccccc12.[La].[Li].[Li].[Li]. The van der Waals surface area contributed by atoms with E-state index in [-0.39, 0.29) is 127 Å². The summed E-state index contributed by atoms with van der Waals surface area (Å²) in [5.74, 6) is 1.03. The van der Waals surface area contributed by atoms with Crippen molar-refractivity contribution in [1.29, 1.82) is 0 Å². The summed E-state index contributed by atoms with van der Waals surface area (Å²) < 4.78 is 0. The van der Waals surface area contributed by atoms with Gasteiger partial charge in [0.25, 0.3) is 0 Å². The average Bonchev–Trinajstić information content (AvgIpc) is 3.35. The van der Waals surface area contributed by atoms with Crippen molar-refractivity contribution >= 4 is 121 Å². The molecule has 0 saturated heterocycles. The number of benzene rings is 12. The molecule has 0 heterocycles. The third kappa shape index (κ3) is 10.2. The van der Waals surface area contributed by atoms with E-state index >= 15 is 0 Å². The van der Waals surface area contributed by atoms with Gasteiger partial charge in [0.1, 0.15) is 34.5 Å². The van der Waals surface area contributed by atoms with Crippen LogP contribution in [-0.4, -0.2) is 87.2 Å². The van der Waals surface area contributed by atoms with Crippen LogP contribution >= 0.6 is 0 Å². The fraction of sp³-hybridized carbons (Fsp3) is 0. The second-order valence-corrected chi connectivity index (χ2v) is 16.1. The van der Waals surface area contributed by atoms with Crippen LogP contribution in [0, 0.1) is 35.6 Å². The quantitative estimate of drug-likeness (QED) is 0.0981. The molecule has 10 heteroatoms. The fourth-order valence-corrected chi connectivity index (χ4v) is 9.14. The summed E-state index contributed by atoms with van der Waals surface area (Å²) in [4.78, 5) is 0. The van der Waals surface area contributed by atoms with Gasteiger partial charge in [-0.2, -0.15) is 0 Å². The Morgan fingerprint density at radius 1 is 0.171 bits per heavy atom. The third-order valence-corrected chi connectivity index (χ3v) is 12.2. The number of hydrogen-bond donors (Lipinski definition) is 6. The molecule has 0 aromatic heterocycles. The molecule has 12 aromatic carbocycles. The number of fused-ring (bicyclic) bond motifs is 6. The second kappa shape index (κ2) is 23.3. The maximum absolute atomic E-state index is 10.4. The molecular weight excluding hydrogens is 976 g/mol. The molecule has 6 nitrogen and oxygen atoms in total. The van der Waals surface area contributed by atoms with E-state index in [1.165, 1.54) is 0 Å². The van der Waals surface area contributed by atoms with Crippen LogP contribution in [0.2, 0.25) is 0 Å². The standard InChI is InChI=1S/3C20H14O2.La.3Li/c3*21-17-11-9-13-5-1-3-7-15(13)19(17)20-16-8-4-2-6-14(16)10-12-18(20)22;;;;/h3*1-12,21-22H;;;;. The summed E-state index contributed by atoms with van der Waals surface area (Å²) in [5, 5.41) is 74.3. The van der Waals surface area contributed by atoms with Gasteiger partial charge in [0, 0.05) is 126 Å². The smallest absolute Gasteiger partial charge is 0.124 e.